The zero-order valence-corrected chi connectivity index (χ0v) is 13.2. The van der Waals surface area contributed by atoms with E-state index in [4.69, 9.17) is 0 Å². The molecule has 1 saturated heterocycles. The van der Waals surface area contributed by atoms with E-state index in [-0.39, 0.29) is 23.5 Å². The fourth-order valence-electron chi connectivity index (χ4n) is 2.64. The molecule has 120 valence electrons. The van der Waals surface area contributed by atoms with Gasteiger partial charge in [0.2, 0.25) is 11.8 Å². The van der Waals surface area contributed by atoms with E-state index in [2.05, 4.69) is 0 Å². The van der Waals surface area contributed by atoms with E-state index >= 15 is 0 Å². The highest BCUT2D eigenvalue weighted by Gasteiger charge is 2.24. The van der Waals surface area contributed by atoms with Gasteiger partial charge in [-0.05, 0) is 24.1 Å². The molecule has 1 aromatic carbocycles. The highest BCUT2D eigenvalue weighted by molar-refractivity contribution is 5.79. The van der Waals surface area contributed by atoms with E-state index in [9.17, 15) is 14.0 Å². The minimum Gasteiger partial charge on any atom is -0.339 e. The smallest absolute Gasteiger partial charge is 0.225 e. The van der Waals surface area contributed by atoms with Gasteiger partial charge in [0, 0.05) is 38.5 Å². The zero-order chi connectivity index (χ0) is 16.1. The van der Waals surface area contributed by atoms with Gasteiger partial charge in [-0.2, -0.15) is 0 Å². The summed E-state index contributed by atoms with van der Waals surface area (Å²) in [6.45, 7) is 6.14. The Kier molecular flexibility index (Phi) is 5.52. The SMILES string of the molecule is CC(C)C(=O)N1CCN(C(=O)CCc2cccc(F)c2)CC1. The summed E-state index contributed by atoms with van der Waals surface area (Å²) in [6, 6.07) is 6.35. The van der Waals surface area contributed by atoms with Crippen LogP contribution in [-0.4, -0.2) is 47.8 Å². The fourth-order valence-corrected chi connectivity index (χ4v) is 2.64. The first kappa shape index (κ1) is 16.5. The predicted molar refractivity (Wildman–Crippen MR) is 82.7 cm³/mol. The number of carbonyl (C=O) groups excluding carboxylic acids is 2. The minimum atomic E-state index is -0.272. The summed E-state index contributed by atoms with van der Waals surface area (Å²) in [6.07, 6.45) is 0.920. The summed E-state index contributed by atoms with van der Waals surface area (Å²) in [5.74, 6) is -0.0613. The van der Waals surface area contributed by atoms with Crippen LogP contribution in [0.1, 0.15) is 25.8 Å². The highest BCUT2D eigenvalue weighted by Crippen LogP contribution is 2.11. The molecular weight excluding hydrogens is 283 g/mol. The molecule has 2 amide bonds. The van der Waals surface area contributed by atoms with Crippen molar-refractivity contribution in [2.45, 2.75) is 26.7 Å². The van der Waals surface area contributed by atoms with Crippen molar-refractivity contribution in [3.8, 4) is 0 Å². The number of benzene rings is 1. The molecule has 1 aliphatic rings. The maximum absolute atomic E-state index is 13.1. The number of nitrogens with zero attached hydrogens (tertiary/aromatic N) is 2. The molecule has 1 heterocycles. The van der Waals surface area contributed by atoms with Crippen molar-refractivity contribution in [3.63, 3.8) is 0 Å². The third-order valence-electron chi connectivity index (χ3n) is 3.95. The van der Waals surface area contributed by atoms with Crippen LogP contribution >= 0.6 is 0 Å². The molecule has 0 atom stereocenters. The quantitative estimate of drug-likeness (QED) is 0.854. The second-order valence-electron chi connectivity index (χ2n) is 5.99. The van der Waals surface area contributed by atoms with Gasteiger partial charge in [-0.1, -0.05) is 26.0 Å². The van der Waals surface area contributed by atoms with E-state index in [1.807, 2.05) is 24.8 Å². The molecule has 0 N–H and O–H groups in total. The van der Waals surface area contributed by atoms with Crippen LogP contribution in [0, 0.1) is 11.7 Å². The van der Waals surface area contributed by atoms with Gasteiger partial charge in [-0.25, -0.2) is 4.39 Å². The average Bonchev–Trinajstić information content (AvgIpc) is 2.52. The number of aryl methyl sites for hydroxylation is 1. The molecule has 1 aromatic rings. The Labute approximate surface area is 130 Å². The number of rotatable bonds is 4. The van der Waals surface area contributed by atoms with Crippen molar-refractivity contribution in [2.24, 2.45) is 5.92 Å². The van der Waals surface area contributed by atoms with Crippen LogP contribution in [0.15, 0.2) is 24.3 Å². The van der Waals surface area contributed by atoms with E-state index in [0.29, 0.717) is 39.0 Å². The molecule has 2 rings (SSSR count). The Morgan fingerprint density at radius 2 is 1.77 bits per heavy atom. The maximum atomic E-state index is 13.1. The first-order valence-electron chi connectivity index (χ1n) is 7.78. The van der Waals surface area contributed by atoms with Crippen molar-refractivity contribution in [3.05, 3.63) is 35.6 Å². The van der Waals surface area contributed by atoms with Crippen LogP contribution in [0.3, 0.4) is 0 Å². The lowest BCUT2D eigenvalue weighted by Gasteiger charge is -2.35. The highest BCUT2D eigenvalue weighted by atomic mass is 19.1. The Bertz CT molecular complexity index is 537. The van der Waals surface area contributed by atoms with Gasteiger partial charge in [0.1, 0.15) is 5.82 Å². The average molecular weight is 306 g/mol. The molecule has 4 nitrogen and oxygen atoms in total. The molecule has 0 spiro atoms. The number of carbonyl (C=O) groups is 2. The standard InChI is InChI=1S/C17H23FN2O2/c1-13(2)17(22)20-10-8-19(9-11-20)16(21)7-6-14-4-3-5-15(18)12-14/h3-5,12-13H,6-11H2,1-2H3. The topological polar surface area (TPSA) is 40.6 Å². The molecule has 22 heavy (non-hydrogen) atoms. The summed E-state index contributed by atoms with van der Waals surface area (Å²) in [7, 11) is 0. The lowest BCUT2D eigenvalue weighted by Crippen LogP contribution is -2.51. The summed E-state index contributed by atoms with van der Waals surface area (Å²) < 4.78 is 13.1. The Balaban J connectivity index is 1.79. The van der Waals surface area contributed by atoms with Gasteiger partial charge < -0.3 is 9.80 Å². The molecule has 0 radical (unpaired) electrons. The fraction of sp³-hybridized carbons (Fsp3) is 0.529. The number of hydrogen-bond acceptors (Lipinski definition) is 2. The van der Waals surface area contributed by atoms with Crippen LogP contribution in [0.4, 0.5) is 4.39 Å². The molecular formula is C17H23FN2O2. The van der Waals surface area contributed by atoms with E-state index in [0.717, 1.165) is 5.56 Å². The first-order chi connectivity index (χ1) is 10.5. The van der Waals surface area contributed by atoms with Crippen molar-refractivity contribution < 1.29 is 14.0 Å². The van der Waals surface area contributed by atoms with Crippen LogP contribution in [-0.2, 0) is 16.0 Å². The molecule has 5 heteroatoms. The van der Waals surface area contributed by atoms with E-state index in [1.165, 1.54) is 12.1 Å². The van der Waals surface area contributed by atoms with Gasteiger partial charge >= 0.3 is 0 Å². The largest absolute Gasteiger partial charge is 0.339 e. The summed E-state index contributed by atoms with van der Waals surface area (Å²) in [4.78, 5) is 27.7. The van der Waals surface area contributed by atoms with E-state index in [1.54, 1.807) is 11.0 Å². The third kappa shape index (κ3) is 4.29. The lowest BCUT2D eigenvalue weighted by molar-refractivity contribution is -0.141. The molecule has 1 fully saturated rings. The Morgan fingerprint density at radius 3 is 2.36 bits per heavy atom. The van der Waals surface area contributed by atoms with Gasteiger partial charge in [0.15, 0.2) is 0 Å². The second-order valence-corrected chi connectivity index (χ2v) is 5.99. The normalized spacial score (nSPS) is 15.3. The summed E-state index contributed by atoms with van der Waals surface area (Å²) >= 11 is 0. The van der Waals surface area contributed by atoms with E-state index < -0.39 is 0 Å². The van der Waals surface area contributed by atoms with Gasteiger partial charge in [0.25, 0.3) is 0 Å². The van der Waals surface area contributed by atoms with Crippen molar-refractivity contribution in [1.82, 2.24) is 9.80 Å². The van der Waals surface area contributed by atoms with Crippen LogP contribution in [0.5, 0.6) is 0 Å². The van der Waals surface area contributed by atoms with Crippen LogP contribution < -0.4 is 0 Å². The zero-order valence-electron chi connectivity index (χ0n) is 13.2. The Hall–Kier alpha value is -1.91. The third-order valence-corrected chi connectivity index (χ3v) is 3.95. The number of piperazine rings is 1. The van der Waals surface area contributed by atoms with Crippen LogP contribution in [0.25, 0.3) is 0 Å². The molecule has 0 saturated carbocycles. The Morgan fingerprint density at radius 1 is 1.14 bits per heavy atom. The maximum Gasteiger partial charge on any atom is 0.225 e. The molecule has 0 bridgehead atoms. The van der Waals surface area contributed by atoms with Crippen molar-refractivity contribution >= 4 is 11.8 Å². The number of halogens is 1. The lowest BCUT2D eigenvalue weighted by atomic mass is 10.1. The van der Waals surface area contributed by atoms with Crippen molar-refractivity contribution in [2.75, 3.05) is 26.2 Å². The van der Waals surface area contributed by atoms with Crippen molar-refractivity contribution in [1.29, 1.82) is 0 Å². The van der Waals surface area contributed by atoms with Gasteiger partial charge in [-0.3, -0.25) is 9.59 Å². The molecule has 1 aliphatic heterocycles. The monoisotopic (exact) mass is 306 g/mol. The molecule has 0 aromatic heterocycles. The second kappa shape index (κ2) is 7.38. The molecule has 0 unspecified atom stereocenters. The predicted octanol–water partition coefficient (Wildman–Crippen LogP) is 2.09. The summed E-state index contributed by atoms with van der Waals surface area (Å²) in [5, 5.41) is 0. The van der Waals surface area contributed by atoms with Gasteiger partial charge in [-0.15, -0.1) is 0 Å². The molecule has 0 aliphatic carbocycles. The van der Waals surface area contributed by atoms with Gasteiger partial charge in [0.05, 0.1) is 0 Å². The number of hydrogen-bond donors (Lipinski definition) is 0. The first-order valence-corrected chi connectivity index (χ1v) is 7.78. The summed E-state index contributed by atoms with van der Waals surface area (Å²) in [5.41, 5.74) is 0.835. The van der Waals surface area contributed by atoms with Crippen LogP contribution in [0.2, 0.25) is 0 Å². The number of amides is 2. The minimum absolute atomic E-state index is 0.00442.